The molecule has 6 nitrogen and oxygen atoms in total. The van der Waals surface area contributed by atoms with Crippen molar-refractivity contribution in [1.29, 1.82) is 0 Å². The molecule has 0 aliphatic rings. The van der Waals surface area contributed by atoms with Crippen molar-refractivity contribution in [3.63, 3.8) is 0 Å². The predicted octanol–water partition coefficient (Wildman–Crippen LogP) is 3.04. The maximum absolute atomic E-state index is 13.1. The Morgan fingerprint density at radius 3 is 1.70 bits per heavy atom. The molecule has 0 unspecified atom stereocenters. The molecule has 170 valence electrons. The van der Waals surface area contributed by atoms with Gasteiger partial charge in [0.25, 0.3) is 5.91 Å². The normalized spacial score (nSPS) is 12.0. The number of nitrogens with one attached hydrogen (secondary N) is 3. The Hall–Kier alpha value is -1.92. The van der Waals surface area contributed by atoms with Gasteiger partial charge in [0, 0.05) is 58.3 Å². The number of carbonyl (C=O) groups excluding carboxylic acids is 2. The third-order valence-corrected chi connectivity index (χ3v) is 4.46. The summed E-state index contributed by atoms with van der Waals surface area (Å²) >= 11 is 0. The van der Waals surface area contributed by atoms with E-state index in [0.29, 0.717) is 25.2 Å². The summed E-state index contributed by atoms with van der Waals surface area (Å²) < 4.78 is 0. The number of carbonyl (C=O) groups is 2. The zero-order chi connectivity index (χ0) is 22.8. The Bertz CT molecular complexity index is 635. The third kappa shape index (κ3) is 11.9. The van der Waals surface area contributed by atoms with Crippen LogP contribution < -0.4 is 16.0 Å². The van der Waals surface area contributed by atoms with E-state index in [1.165, 1.54) is 6.92 Å². The number of hydrogen-bond donors (Lipinski definition) is 3. The monoisotopic (exact) mass is 418 g/mol. The molecular weight excluding hydrogens is 376 g/mol. The minimum atomic E-state index is -0.0631. The lowest BCUT2D eigenvalue weighted by Gasteiger charge is -2.26. The Morgan fingerprint density at radius 1 is 0.833 bits per heavy atom. The van der Waals surface area contributed by atoms with Crippen molar-refractivity contribution in [3.05, 3.63) is 35.4 Å². The van der Waals surface area contributed by atoms with Crippen LogP contribution in [0, 0.1) is 10.8 Å². The highest BCUT2D eigenvalue weighted by atomic mass is 16.2. The number of rotatable bonds is 11. The Morgan fingerprint density at radius 2 is 1.30 bits per heavy atom. The molecule has 1 rings (SSSR count). The minimum Gasteiger partial charge on any atom is -0.352 e. The first-order valence-corrected chi connectivity index (χ1v) is 10.9. The lowest BCUT2D eigenvalue weighted by atomic mass is 9.97. The fourth-order valence-electron chi connectivity index (χ4n) is 2.84. The molecule has 0 saturated heterocycles. The molecule has 0 aromatic heterocycles. The first kappa shape index (κ1) is 26.1. The molecule has 2 amide bonds. The molecule has 0 atom stereocenters. The molecule has 0 bridgehead atoms. The summed E-state index contributed by atoms with van der Waals surface area (Å²) in [5.41, 5.74) is 2.08. The average Bonchev–Trinajstić information content (AvgIpc) is 2.63. The van der Waals surface area contributed by atoms with Gasteiger partial charge in [0.15, 0.2) is 0 Å². The van der Waals surface area contributed by atoms with Crippen molar-refractivity contribution in [1.82, 2.24) is 20.9 Å². The van der Waals surface area contributed by atoms with Gasteiger partial charge in [-0.1, -0.05) is 53.7 Å². The maximum atomic E-state index is 13.1. The molecule has 6 heteroatoms. The van der Waals surface area contributed by atoms with Crippen LogP contribution in [0.2, 0.25) is 0 Å². The Kier molecular flexibility index (Phi) is 10.5. The molecule has 3 N–H and O–H groups in total. The summed E-state index contributed by atoms with van der Waals surface area (Å²) in [5, 5.41) is 9.69. The standard InChI is InChI=1S/C24H42N4O2/c1-19(29)27-16-20-8-10-21(11-9-20)22(30)28(14-12-25-17-23(2,3)4)15-13-26-18-24(5,6)7/h8-11,25-26H,12-18H2,1-7H3,(H,27,29). The molecule has 1 aromatic rings. The van der Waals surface area contributed by atoms with Crippen molar-refractivity contribution in [3.8, 4) is 0 Å². The molecule has 0 heterocycles. The van der Waals surface area contributed by atoms with Crippen LogP contribution in [-0.4, -0.2) is 56.0 Å². The van der Waals surface area contributed by atoms with Gasteiger partial charge in [-0.2, -0.15) is 0 Å². The van der Waals surface area contributed by atoms with Gasteiger partial charge in [-0.05, 0) is 28.5 Å². The van der Waals surface area contributed by atoms with Gasteiger partial charge in [0.1, 0.15) is 0 Å². The van der Waals surface area contributed by atoms with Crippen LogP contribution in [0.5, 0.6) is 0 Å². The lowest BCUT2D eigenvalue weighted by Crippen LogP contribution is -2.42. The van der Waals surface area contributed by atoms with Gasteiger partial charge < -0.3 is 20.9 Å². The van der Waals surface area contributed by atoms with E-state index in [9.17, 15) is 9.59 Å². The number of amides is 2. The van der Waals surface area contributed by atoms with Crippen molar-refractivity contribution < 1.29 is 9.59 Å². The van der Waals surface area contributed by atoms with Crippen LogP contribution in [0.1, 0.15) is 64.4 Å². The summed E-state index contributed by atoms with van der Waals surface area (Å²) in [7, 11) is 0. The second-order valence-corrected chi connectivity index (χ2v) is 10.4. The highest BCUT2D eigenvalue weighted by Crippen LogP contribution is 2.12. The van der Waals surface area contributed by atoms with Crippen molar-refractivity contribution in [2.24, 2.45) is 10.8 Å². The smallest absolute Gasteiger partial charge is 0.253 e. The van der Waals surface area contributed by atoms with Crippen molar-refractivity contribution in [2.75, 3.05) is 39.3 Å². The molecule has 30 heavy (non-hydrogen) atoms. The van der Waals surface area contributed by atoms with Gasteiger partial charge >= 0.3 is 0 Å². The summed E-state index contributed by atoms with van der Waals surface area (Å²) in [4.78, 5) is 26.1. The third-order valence-electron chi connectivity index (χ3n) is 4.46. The quantitative estimate of drug-likeness (QED) is 0.483. The van der Waals surface area contributed by atoms with Gasteiger partial charge in [-0.3, -0.25) is 9.59 Å². The fourth-order valence-corrected chi connectivity index (χ4v) is 2.84. The second kappa shape index (κ2) is 12.1. The summed E-state index contributed by atoms with van der Waals surface area (Å²) in [6, 6.07) is 7.49. The van der Waals surface area contributed by atoms with Crippen molar-refractivity contribution in [2.45, 2.75) is 55.0 Å². The van der Waals surface area contributed by atoms with Crippen molar-refractivity contribution >= 4 is 11.8 Å². The number of benzene rings is 1. The van der Waals surface area contributed by atoms with E-state index in [1.54, 1.807) is 0 Å². The summed E-state index contributed by atoms with van der Waals surface area (Å²) in [5.74, 6) is -0.0250. The predicted molar refractivity (Wildman–Crippen MR) is 125 cm³/mol. The Balaban J connectivity index is 2.70. The zero-order valence-electron chi connectivity index (χ0n) is 20.0. The first-order valence-electron chi connectivity index (χ1n) is 10.9. The zero-order valence-corrected chi connectivity index (χ0v) is 20.0. The van der Waals surface area contributed by atoms with Crippen LogP contribution >= 0.6 is 0 Å². The topological polar surface area (TPSA) is 73.5 Å². The summed E-state index contributed by atoms with van der Waals surface area (Å²) in [6.07, 6.45) is 0. The largest absolute Gasteiger partial charge is 0.352 e. The average molecular weight is 419 g/mol. The molecular formula is C24H42N4O2. The molecule has 0 aliphatic heterocycles. The second-order valence-electron chi connectivity index (χ2n) is 10.4. The molecule has 0 radical (unpaired) electrons. The van der Waals surface area contributed by atoms with E-state index < -0.39 is 0 Å². The molecule has 0 fully saturated rings. The number of nitrogens with zero attached hydrogens (tertiary/aromatic N) is 1. The molecule has 0 spiro atoms. The van der Waals surface area contributed by atoms with E-state index in [0.717, 1.165) is 31.7 Å². The van der Waals surface area contributed by atoms with E-state index in [1.807, 2.05) is 29.2 Å². The van der Waals surface area contributed by atoms with Crippen LogP contribution in [-0.2, 0) is 11.3 Å². The van der Waals surface area contributed by atoms with E-state index in [-0.39, 0.29) is 22.6 Å². The minimum absolute atomic E-state index is 0.0381. The van der Waals surface area contributed by atoms with Crippen LogP contribution in [0.15, 0.2) is 24.3 Å². The molecule has 0 saturated carbocycles. The van der Waals surface area contributed by atoms with E-state index in [2.05, 4.69) is 57.5 Å². The number of hydrogen-bond acceptors (Lipinski definition) is 4. The summed E-state index contributed by atoms with van der Waals surface area (Å²) in [6.45, 7) is 19.8. The van der Waals surface area contributed by atoms with Crippen LogP contribution in [0.25, 0.3) is 0 Å². The van der Waals surface area contributed by atoms with Gasteiger partial charge in [0.2, 0.25) is 5.91 Å². The maximum Gasteiger partial charge on any atom is 0.253 e. The van der Waals surface area contributed by atoms with Crippen LogP contribution in [0.3, 0.4) is 0 Å². The first-order chi connectivity index (χ1) is 13.9. The fraction of sp³-hybridized carbons (Fsp3) is 0.667. The lowest BCUT2D eigenvalue weighted by molar-refractivity contribution is -0.119. The van der Waals surface area contributed by atoms with E-state index >= 15 is 0 Å². The molecule has 0 aliphatic carbocycles. The SMILES string of the molecule is CC(=O)NCc1ccc(C(=O)N(CCNCC(C)(C)C)CCNCC(C)(C)C)cc1. The van der Waals surface area contributed by atoms with Gasteiger partial charge in [0.05, 0.1) is 0 Å². The van der Waals surface area contributed by atoms with Gasteiger partial charge in [-0.15, -0.1) is 0 Å². The Labute approximate surface area is 183 Å². The van der Waals surface area contributed by atoms with Gasteiger partial charge in [-0.25, -0.2) is 0 Å². The highest BCUT2D eigenvalue weighted by Gasteiger charge is 2.17. The molecule has 1 aromatic carbocycles. The van der Waals surface area contributed by atoms with E-state index in [4.69, 9.17) is 0 Å². The highest BCUT2D eigenvalue weighted by molar-refractivity contribution is 5.94. The van der Waals surface area contributed by atoms with Crippen LogP contribution in [0.4, 0.5) is 0 Å².